The highest BCUT2D eigenvalue weighted by molar-refractivity contribution is 5.66. The number of hydrogen-bond acceptors (Lipinski definition) is 5. The molecule has 0 saturated carbocycles. The van der Waals surface area contributed by atoms with E-state index in [2.05, 4.69) is 51.4 Å². The number of nitrogens with zero attached hydrogens (tertiary/aromatic N) is 5. The van der Waals surface area contributed by atoms with Crippen LogP contribution in [-0.2, 0) is 19.1 Å². The molecule has 0 radical (unpaired) electrons. The van der Waals surface area contributed by atoms with Crippen molar-refractivity contribution < 1.29 is 17.6 Å². The highest BCUT2D eigenvalue weighted by Gasteiger charge is 2.29. The van der Waals surface area contributed by atoms with Gasteiger partial charge < -0.3 is 9.32 Å². The quantitative estimate of drug-likeness (QED) is 0.281. The van der Waals surface area contributed by atoms with Crippen LogP contribution in [0.25, 0.3) is 12.2 Å². The molecule has 0 saturated heterocycles. The zero-order valence-electron chi connectivity index (χ0n) is 19.5. The number of alkyl halides is 3. The van der Waals surface area contributed by atoms with E-state index in [1.54, 1.807) is 24.6 Å². The summed E-state index contributed by atoms with van der Waals surface area (Å²) in [7, 11) is 1.98. The lowest BCUT2D eigenvalue weighted by Crippen LogP contribution is -2.16. The monoisotopic (exact) mass is 481 g/mol. The second-order valence-corrected chi connectivity index (χ2v) is 8.42. The van der Waals surface area contributed by atoms with E-state index in [1.165, 1.54) is 17.7 Å². The van der Waals surface area contributed by atoms with Gasteiger partial charge in [0, 0.05) is 25.0 Å². The summed E-state index contributed by atoms with van der Waals surface area (Å²) in [5.74, 6) is 0.394. The van der Waals surface area contributed by atoms with Crippen LogP contribution in [-0.4, -0.2) is 27.0 Å². The Morgan fingerprint density at radius 2 is 1.80 bits per heavy atom. The fourth-order valence-corrected chi connectivity index (χ4v) is 3.63. The molecule has 2 heterocycles. The van der Waals surface area contributed by atoms with Gasteiger partial charge in [0.25, 0.3) is 0 Å². The molecule has 1 atom stereocenters. The first kappa shape index (κ1) is 24.3. The summed E-state index contributed by atoms with van der Waals surface area (Å²) in [5, 5.41) is 7.91. The molecule has 0 aliphatic carbocycles. The summed E-state index contributed by atoms with van der Waals surface area (Å²) in [4.78, 5) is 6.52. The number of halogens is 3. The van der Waals surface area contributed by atoms with Crippen molar-refractivity contribution in [2.45, 2.75) is 38.5 Å². The summed E-state index contributed by atoms with van der Waals surface area (Å²) >= 11 is 0. The molecule has 1 unspecified atom stereocenters. The first-order valence-corrected chi connectivity index (χ1v) is 11.2. The average Bonchev–Trinajstić information content (AvgIpc) is 3.54. The van der Waals surface area contributed by atoms with Gasteiger partial charge in [-0.1, -0.05) is 29.5 Å². The summed E-state index contributed by atoms with van der Waals surface area (Å²) in [6.07, 6.45) is 6.04. The molecule has 4 aromatic rings. The first-order chi connectivity index (χ1) is 16.8. The second-order valence-electron chi connectivity index (χ2n) is 8.42. The van der Waals surface area contributed by atoms with Crippen molar-refractivity contribution in [2.24, 2.45) is 0 Å². The fourth-order valence-electron chi connectivity index (χ4n) is 3.63. The Hall–Kier alpha value is -3.88. The minimum atomic E-state index is -4.34. The molecule has 0 fully saturated rings. The van der Waals surface area contributed by atoms with E-state index in [1.807, 2.05) is 17.9 Å². The highest BCUT2D eigenvalue weighted by atomic mass is 19.4. The Morgan fingerprint density at radius 1 is 1.06 bits per heavy atom. The van der Waals surface area contributed by atoms with E-state index in [4.69, 9.17) is 4.42 Å². The number of rotatable bonds is 9. The van der Waals surface area contributed by atoms with Gasteiger partial charge in [0.1, 0.15) is 6.26 Å². The van der Waals surface area contributed by atoms with Crippen molar-refractivity contribution in [2.75, 3.05) is 11.9 Å². The molecular weight excluding hydrogens is 455 g/mol. The largest absolute Gasteiger partial charge is 0.445 e. The number of aryl methyl sites for hydroxylation is 1. The Bertz CT molecular complexity index is 1230. The minimum absolute atomic E-state index is 0.287. The normalized spacial score (nSPS) is 12.8. The maximum absolute atomic E-state index is 12.7. The van der Waals surface area contributed by atoms with Crippen LogP contribution in [0.5, 0.6) is 0 Å². The molecular formula is C26H26F3N5O. The Morgan fingerprint density at radius 3 is 2.46 bits per heavy atom. The maximum atomic E-state index is 12.7. The van der Waals surface area contributed by atoms with Crippen LogP contribution < -0.4 is 4.90 Å². The molecule has 0 aliphatic rings. The molecule has 2 aromatic carbocycles. The molecule has 182 valence electrons. The third-order valence-electron chi connectivity index (χ3n) is 5.75. The standard InChI is InChI=1S/C26H26F3N5O/c1-19(34-16-15-30-32-34)3-4-20-7-12-24(13-8-20)33(2)17-23-18-35-25(31-23)14-9-21-5-10-22(11-6-21)26(27,28)29/h5-16,18-19H,3-4,17H2,1-2H3. The smallest absolute Gasteiger partial charge is 0.416 e. The van der Waals surface area contributed by atoms with Crippen molar-refractivity contribution in [3.05, 3.63) is 95.5 Å². The zero-order valence-corrected chi connectivity index (χ0v) is 19.5. The molecule has 6 nitrogen and oxygen atoms in total. The van der Waals surface area contributed by atoms with Crippen LogP contribution in [0.4, 0.5) is 18.9 Å². The maximum Gasteiger partial charge on any atom is 0.416 e. The molecule has 35 heavy (non-hydrogen) atoms. The number of oxazole rings is 1. The lowest BCUT2D eigenvalue weighted by atomic mass is 10.1. The number of benzene rings is 2. The molecule has 9 heteroatoms. The zero-order chi connectivity index (χ0) is 24.8. The van der Waals surface area contributed by atoms with Gasteiger partial charge in [0.2, 0.25) is 5.89 Å². The van der Waals surface area contributed by atoms with Crippen LogP contribution in [0.1, 0.15) is 47.7 Å². The highest BCUT2D eigenvalue weighted by Crippen LogP contribution is 2.29. The van der Waals surface area contributed by atoms with Crippen LogP contribution in [0.15, 0.2) is 71.6 Å². The fraction of sp³-hybridized carbons (Fsp3) is 0.269. The van der Waals surface area contributed by atoms with Gasteiger partial charge in [-0.25, -0.2) is 9.67 Å². The van der Waals surface area contributed by atoms with Crippen molar-refractivity contribution in [3.8, 4) is 0 Å². The third-order valence-corrected chi connectivity index (χ3v) is 5.75. The Kier molecular flexibility index (Phi) is 7.33. The van der Waals surface area contributed by atoms with E-state index in [0.717, 1.165) is 36.4 Å². The van der Waals surface area contributed by atoms with Crippen LogP contribution >= 0.6 is 0 Å². The molecule has 0 bridgehead atoms. The predicted octanol–water partition coefficient (Wildman–Crippen LogP) is 6.29. The minimum Gasteiger partial charge on any atom is -0.445 e. The van der Waals surface area contributed by atoms with Crippen LogP contribution in [0.3, 0.4) is 0 Å². The number of anilines is 1. The van der Waals surface area contributed by atoms with Crippen LogP contribution in [0, 0.1) is 0 Å². The third kappa shape index (κ3) is 6.59. The Labute approximate surface area is 201 Å². The van der Waals surface area contributed by atoms with E-state index in [9.17, 15) is 13.2 Å². The van der Waals surface area contributed by atoms with Gasteiger partial charge in [-0.3, -0.25) is 0 Å². The first-order valence-electron chi connectivity index (χ1n) is 11.2. The van der Waals surface area contributed by atoms with E-state index < -0.39 is 11.7 Å². The molecule has 0 N–H and O–H groups in total. The SMILES string of the molecule is CC(CCc1ccc(N(C)Cc2coc(C=Cc3ccc(C(F)(F)F)cc3)n2)cc1)n1ccnn1. The number of aromatic nitrogens is 4. The van der Waals surface area contributed by atoms with Crippen molar-refractivity contribution in [3.63, 3.8) is 0 Å². The van der Waals surface area contributed by atoms with Crippen molar-refractivity contribution in [1.29, 1.82) is 0 Å². The topological polar surface area (TPSA) is 60.0 Å². The molecule has 0 amide bonds. The van der Waals surface area contributed by atoms with Crippen molar-refractivity contribution >= 4 is 17.8 Å². The summed E-state index contributed by atoms with van der Waals surface area (Å²) in [6.45, 7) is 2.68. The predicted molar refractivity (Wildman–Crippen MR) is 128 cm³/mol. The van der Waals surface area contributed by atoms with Gasteiger partial charge >= 0.3 is 6.18 Å². The lowest BCUT2D eigenvalue weighted by Gasteiger charge is -2.18. The lowest BCUT2D eigenvalue weighted by molar-refractivity contribution is -0.137. The van der Waals surface area contributed by atoms with Gasteiger partial charge in [-0.15, -0.1) is 5.10 Å². The molecule has 0 aliphatic heterocycles. The van der Waals surface area contributed by atoms with Gasteiger partial charge in [-0.2, -0.15) is 13.2 Å². The Balaban J connectivity index is 1.29. The van der Waals surface area contributed by atoms with Gasteiger partial charge in [0.05, 0.1) is 30.0 Å². The molecule has 0 spiro atoms. The summed E-state index contributed by atoms with van der Waals surface area (Å²) in [5.41, 5.74) is 3.02. The van der Waals surface area contributed by atoms with E-state index >= 15 is 0 Å². The molecule has 4 rings (SSSR count). The van der Waals surface area contributed by atoms with Crippen molar-refractivity contribution in [1.82, 2.24) is 20.0 Å². The number of hydrogen-bond donors (Lipinski definition) is 0. The van der Waals surface area contributed by atoms with Gasteiger partial charge in [-0.05, 0) is 61.2 Å². The van der Waals surface area contributed by atoms with E-state index in [-0.39, 0.29) is 6.04 Å². The second kappa shape index (κ2) is 10.6. The summed E-state index contributed by atoms with van der Waals surface area (Å²) < 4.78 is 45.4. The van der Waals surface area contributed by atoms with Gasteiger partial charge in [0.15, 0.2) is 0 Å². The van der Waals surface area contributed by atoms with Crippen LogP contribution in [0.2, 0.25) is 0 Å². The molecule has 2 aromatic heterocycles. The average molecular weight is 482 g/mol. The van der Waals surface area contributed by atoms with E-state index in [0.29, 0.717) is 18.0 Å². The summed E-state index contributed by atoms with van der Waals surface area (Å²) in [6, 6.07) is 13.6.